The van der Waals surface area contributed by atoms with E-state index in [2.05, 4.69) is 4.40 Å². The van der Waals surface area contributed by atoms with Gasteiger partial charge in [0.1, 0.15) is 0 Å². The van der Waals surface area contributed by atoms with Crippen LogP contribution in [0.25, 0.3) is 10.9 Å². The molecule has 0 radical (unpaired) electrons. The van der Waals surface area contributed by atoms with Gasteiger partial charge in [0.05, 0.1) is 11.1 Å². The molecule has 0 saturated carbocycles. The van der Waals surface area contributed by atoms with Crippen LogP contribution in [-0.4, -0.2) is 19.2 Å². The van der Waals surface area contributed by atoms with Gasteiger partial charge in [-0.2, -0.15) is 12.8 Å². The van der Waals surface area contributed by atoms with E-state index in [0.29, 0.717) is 0 Å². The smallest absolute Gasteiger partial charge is 0.282 e. The number of para-hydroxylation sites is 1. The summed E-state index contributed by atoms with van der Waals surface area (Å²) in [5.74, 6) is 0. The quantitative estimate of drug-likeness (QED) is 0.691. The van der Waals surface area contributed by atoms with Gasteiger partial charge < -0.3 is 4.57 Å². The zero-order valence-electron chi connectivity index (χ0n) is 13.3. The van der Waals surface area contributed by atoms with Crippen LogP contribution in [0.15, 0.2) is 57.8 Å². The van der Waals surface area contributed by atoms with Gasteiger partial charge in [-0.25, -0.2) is 0 Å². The Kier molecular flexibility index (Phi) is 3.82. The summed E-state index contributed by atoms with van der Waals surface area (Å²) in [7, 11) is -1.73. The molecule has 0 bridgehead atoms. The average molecular weight is 326 g/mol. The molecular weight excluding hydrogens is 308 g/mol. The third-order valence-corrected chi connectivity index (χ3v) is 5.34. The van der Waals surface area contributed by atoms with E-state index in [9.17, 15) is 8.42 Å². The lowest BCUT2D eigenvalue weighted by Crippen LogP contribution is -1.98. The number of aryl methyl sites for hydroxylation is 2. The Labute approximate surface area is 136 Å². The van der Waals surface area contributed by atoms with Crippen LogP contribution in [0.5, 0.6) is 0 Å². The molecule has 0 unspecified atom stereocenters. The predicted octanol–water partition coefficient (Wildman–Crippen LogP) is 3.60. The molecule has 0 aliphatic carbocycles. The molecule has 23 heavy (non-hydrogen) atoms. The molecular formula is C18H18N2O2S. The summed E-state index contributed by atoms with van der Waals surface area (Å²) in [5, 5.41) is 0.996. The van der Waals surface area contributed by atoms with Crippen LogP contribution in [0.3, 0.4) is 0 Å². The molecule has 0 aliphatic heterocycles. The molecule has 2 aromatic carbocycles. The number of benzene rings is 2. The van der Waals surface area contributed by atoms with E-state index < -0.39 is 10.0 Å². The first-order valence-electron chi connectivity index (χ1n) is 7.31. The highest BCUT2D eigenvalue weighted by atomic mass is 32.2. The van der Waals surface area contributed by atoms with Crippen molar-refractivity contribution >= 4 is 27.1 Å². The molecule has 0 saturated heterocycles. The number of sulfonamides is 1. The van der Waals surface area contributed by atoms with E-state index in [0.717, 1.165) is 27.7 Å². The Morgan fingerprint density at radius 1 is 1.00 bits per heavy atom. The lowest BCUT2D eigenvalue weighted by molar-refractivity contribution is 0.598. The SMILES string of the molecule is Cc1ccc(S(=O)(=O)/N=C\c2c(C)n(C)c3ccccc23)cc1. The van der Waals surface area contributed by atoms with Crippen LogP contribution in [0.1, 0.15) is 16.8 Å². The van der Waals surface area contributed by atoms with Gasteiger partial charge in [-0.05, 0) is 32.0 Å². The largest absolute Gasteiger partial charge is 0.347 e. The number of nitrogens with zero attached hydrogens (tertiary/aromatic N) is 2. The molecule has 0 aliphatic rings. The second kappa shape index (κ2) is 5.66. The van der Waals surface area contributed by atoms with Crippen LogP contribution >= 0.6 is 0 Å². The van der Waals surface area contributed by atoms with Gasteiger partial charge >= 0.3 is 0 Å². The molecule has 0 spiro atoms. The van der Waals surface area contributed by atoms with Crippen molar-refractivity contribution in [2.24, 2.45) is 11.4 Å². The summed E-state index contributed by atoms with van der Waals surface area (Å²) in [4.78, 5) is 0.206. The van der Waals surface area contributed by atoms with E-state index >= 15 is 0 Å². The summed E-state index contributed by atoms with van der Waals surface area (Å²) in [6.07, 6.45) is 1.45. The molecule has 1 aromatic heterocycles. The van der Waals surface area contributed by atoms with Crippen LogP contribution in [-0.2, 0) is 17.1 Å². The van der Waals surface area contributed by atoms with E-state index in [-0.39, 0.29) is 4.90 Å². The fourth-order valence-corrected chi connectivity index (χ4v) is 3.45. The molecule has 4 nitrogen and oxygen atoms in total. The Morgan fingerprint density at radius 2 is 1.65 bits per heavy atom. The number of fused-ring (bicyclic) bond motifs is 1. The molecule has 3 aromatic rings. The molecule has 0 amide bonds. The first-order chi connectivity index (χ1) is 10.9. The Bertz CT molecular complexity index is 997. The van der Waals surface area contributed by atoms with Gasteiger partial charge in [0, 0.05) is 29.2 Å². The Balaban J connectivity index is 2.06. The highest BCUT2D eigenvalue weighted by Gasteiger charge is 2.14. The zero-order chi connectivity index (χ0) is 16.6. The molecule has 1 heterocycles. The maximum atomic E-state index is 12.4. The zero-order valence-corrected chi connectivity index (χ0v) is 14.1. The van der Waals surface area contributed by atoms with E-state index in [1.807, 2.05) is 49.7 Å². The number of rotatable bonds is 3. The predicted molar refractivity (Wildman–Crippen MR) is 93.6 cm³/mol. The highest BCUT2D eigenvalue weighted by Crippen LogP contribution is 2.23. The van der Waals surface area contributed by atoms with Crippen molar-refractivity contribution in [3.05, 3.63) is 65.4 Å². The summed E-state index contributed by atoms with van der Waals surface area (Å²) in [5.41, 5.74) is 3.88. The maximum Gasteiger partial charge on any atom is 0.282 e. The first-order valence-corrected chi connectivity index (χ1v) is 8.75. The molecule has 0 fully saturated rings. The molecule has 3 rings (SSSR count). The monoisotopic (exact) mass is 326 g/mol. The van der Waals surface area contributed by atoms with Crippen molar-refractivity contribution in [3.8, 4) is 0 Å². The van der Waals surface area contributed by atoms with Crippen LogP contribution in [0.4, 0.5) is 0 Å². The number of hydrogen-bond donors (Lipinski definition) is 0. The van der Waals surface area contributed by atoms with Crippen molar-refractivity contribution in [2.75, 3.05) is 0 Å². The first kappa shape index (κ1) is 15.5. The third-order valence-electron chi connectivity index (χ3n) is 4.09. The minimum atomic E-state index is -3.69. The fraction of sp³-hybridized carbons (Fsp3) is 0.167. The average Bonchev–Trinajstić information content (AvgIpc) is 2.78. The normalized spacial score (nSPS) is 12.3. The van der Waals surface area contributed by atoms with Gasteiger partial charge in [-0.1, -0.05) is 35.9 Å². The Hall–Kier alpha value is -2.40. The van der Waals surface area contributed by atoms with E-state index in [4.69, 9.17) is 0 Å². The van der Waals surface area contributed by atoms with Gasteiger partial charge in [0.25, 0.3) is 10.0 Å². The summed E-state index contributed by atoms with van der Waals surface area (Å²) >= 11 is 0. The van der Waals surface area contributed by atoms with Crippen LogP contribution in [0, 0.1) is 13.8 Å². The second-order valence-electron chi connectivity index (χ2n) is 5.60. The van der Waals surface area contributed by atoms with Gasteiger partial charge in [0.15, 0.2) is 0 Å². The van der Waals surface area contributed by atoms with Crippen molar-refractivity contribution in [1.29, 1.82) is 0 Å². The molecule has 0 atom stereocenters. The maximum absolute atomic E-state index is 12.4. The van der Waals surface area contributed by atoms with Crippen molar-refractivity contribution < 1.29 is 8.42 Å². The summed E-state index contributed by atoms with van der Waals surface area (Å²) < 4.78 is 30.7. The summed E-state index contributed by atoms with van der Waals surface area (Å²) in [6, 6.07) is 14.6. The lowest BCUT2D eigenvalue weighted by atomic mass is 10.1. The molecule has 0 N–H and O–H groups in total. The molecule has 118 valence electrons. The van der Waals surface area contributed by atoms with Crippen LogP contribution in [0.2, 0.25) is 0 Å². The molecule has 5 heteroatoms. The topological polar surface area (TPSA) is 51.4 Å². The van der Waals surface area contributed by atoms with Crippen LogP contribution < -0.4 is 0 Å². The Morgan fingerprint density at radius 3 is 2.35 bits per heavy atom. The van der Waals surface area contributed by atoms with Gasteiger partial charge in [-0.3, -0.25) is 0 Å². The summed E-state index contributed by atoms with van der Waals surface area (Å²) in [6.45, 7) is 3.87. The second-order valence-corrected chi connectivity index (χ2v) is 7.23. The van der Waals surface area contributed by atoms with Crippen molar-refractivity contribution in [2.45, 2.75) is 18.7 Å². The number of aromatic nitrogens is 1. The third kappa shape index (κ3) is 2.80. The minimum absolute atomic E-state index is 0.206. The van der Waals surface area contributed by atoms with Gasteiger partial charge in [-0.15, -0.1) is 0 Å². The highest BCUT2D eigenvalue weighted by molar-refractivity contribution is 7.90. The standard InChI is InChI=1S/C18H18N2O2S/c1-13-8-10-15(11-9-13)23(21,22)19-12-17-14(2)20(3)18-7-5-4-6-16(17)18/h4-12H,1-3H3/b19-12-. The number of hydrogen-bond acceptors (Lipinski definition) is 2. The lowest BCUT2D eigenvalue weighted by Gasteiger charge is -2.00. The van der Waals surface area contributed by atoms with Crippen molar-refractivity contribution in [3.63, 3.8) is 0 Å². The fourth-order valence-electron chi connectivity index (χ4n) is 2.61. The van der Waals surface area contributed by atoms with E-state index in [1.54, 1.807) is 24.3 Å². The van der Waals surface area contributed by atoms with Crippen molar-refractivity contribution in [1.82, 2.24) is 4.57 Å². The minimum Gasteiger partial charge on any atom is -0.347 e. The van der Waals surface area contributed by atoms with Gasteiger partial charge in [0.2, 0.25) is 0 Å². The van der Waals surface area contributed by atoms with E-state index in [1.165, 1.54) is 6.21 Å².